The quantitative estimate of drug-likeness (QED) is 0.800. The van der Waals surface area contributed by atoms with Crippen molar-refractivity contribution < 1.29 is 9.53 Å². The lowest BCUT2D eigenvalue weighted by Crippen LogP contribution is -2.24. The van der Waals surface area contributed by atoms with Crippen molar-refractivity contribution in [2.24, 2.45) is 5.92 Å². The second-order valence-corrected chi connectivity index (χ2v) is 5.27. The zero-order chi connectivity index (χ0) is 13.8. The molecular weight excluding hydrogens is 274 g/mol. The normalized spacial score (nSPS) is 20.3. The van der Waals surface area contributed by atoms with Crippen molar-refractivity contribution in [2.45, 2.75) is 12.8 Å². The molecule has 0 N–H and O–H groups in total. The van der Waals surface area contributed by atoms with Gasteiger partial charge in [-0.15, -0.1) is 12.4 Å². The van der Waals surface area contributed by atoms with E-state index in [0.29, 0.717) is 5.78 Å². The summed E-state index contributed by atoms with van der Waals surface area (Å²) in [6, 6.07) is 7.80. The zero-order valence-electron chi connectivity index (χ0n) is 12.3. The van der Waals surface area contributed by atoms with Crippen molar-refractivity contribution in [3.63, 3.8) is 0 Å². The minimum Gasteiger partial charge on any atom is -0.496 e. The lowest BCUT2D eigenvalue weighted by Gasteiger charge is -2.13. The predicted octanol–water partition coefficient (Wildman–Crippen LogP) is 3.04. The van der Waals surface area contributed by atoms with E-state index in [0.717, 1.165) is 36.3 Å². The van der Waals surface area contributed by atoms with E-state index < -0.39 is 0 Å². The lowest BCUT2D eigenvalue weighted by atomic mass is 10.0. The smallest absolute Gasteiger partial charge is 0.163 e. The first-order valence-corrected chi connectivity index (χ1v) is 6.64. The van der Waals surface area contributed by atoms with E-state index in [1.54, 1.807) is 7.11 Å². The number of carbonyl (C=O) groups excluding carboxylic acids is 1. The van der Waals surface area contributed by atoms with Crippen molar-refractivity contribution in [1.82, 2.24) is 4.90 Å². The number of carbonyl (C=O) groups is 1. The molecule has 0 spiro atoms. The largest absolute Gasteiger partial charge is 0.496 e. The molecule has 0 aromatic heterocycles. The van der Waals surface area contributed by atoms with E-state index in [1.807, 2.05) is 44.4 Å². The Labute approximate surface area is 127 Å². The predicted molar refractivity (Wildman–Crippen MR) is 84.5 cm³/mol. The SMILES string of the molecule is COc1ccccc1C=C1CCC(CN(C)C)C1=O.Cl. The van der Waals surface area contributed by atoms with Crippen LogP contribution in [-0.2, 0) is 4.79 Å². The molecule has 1 fully saturated rings. The topological polar surface area (TPSA) is 29.5 Å². The van der Waals surface area contributed by atoms with Crippen molar-refractivity contribution >= 4 is 24.3 Å². The highest BCUT2D eigenvalue weighted by atomic mass is 35.5. The van der Waals surface area contributed by atoms with Gasteiger partial charge < -0.3 is 9.64 Å². The Morgan fingerprint density at radius 2 is 2.05 bits per heavy atom. The van der Waals surface area contributed by atoms with E-state index >= 15 is 0 Å². The van der Waals surface area contributed by atoms with E-state index in [9.17, 15) is 4.79 Å². The van der Waals surface area contributed by atoms with Crippen LogP contribution in [0.3, 0.4) is 0 Å². The molecule has 1 aromatic rings. The molecule has 2 rings (SSSR count). The van der Waals surface area contributed by atoms with Gasteiger partial charge in [0.2, 0.25) is 0 Å². The fourth-order valence-electron chi connectivity index (χ4n) is 2.58. The van der Waals surface area contributed by atoms with Gasteiger partial charge >= 0.3 is 0 Å². The number of hydrogen-bond acceptors (Lipinski definition) is 3. The molecule has 110 valence electrons. The Morgan fingerprint density at radius 1 is 1.35 bits per heavy atom. The van der Waals surface area contributed by atoms with Crippen LogP contribution in [-0.4, -0.2) is 38.4 Å². The van der Waals surface area contributed by atoms with Crippen LogP contribution in [0.4, 0.5) is 0 Å². The van der Waals surface area contributed by atoms with E-state index in [2.05, 4.69) is 4.90 Å². The molecule has 1 aliphatic rings. The van der Waals surface area contributed by atoms with E-state index in [4.69, 9.17) is 4.74 Å². The number of para-hydroxylation sites is 1. The molecule has 1 aliphatic carbocycles. The van der Waals surface area contributed by atoms with Gasteiger partial charge in [0.25, 0.3) is 0 Å². The van der Waals surface area contributed by atoms with Crippen LogP contribution in [0.5, 0.6) is 5.75 Å². The number of methoxy groups -OCH3 is 1. The molecule has 4 heteroatoms. The van der Waals surface area contributed by atoms with Gasteiger partial charge in [0, 0.05) is 18.0 Å². The van der Waals surface area contributed by atoms with Crippen LogP contribution >= 0.6 is 12.4 Å². The number of Topliss-reactive ketones (excluding diaryl/α,β-unsaturated/α-hetero) is 1. The summed E-state index contributed by atoms with van der Waals surface area (Å²) < 4.78 is 5.32. The standard InChI is InChI=1S/C16H21NO2.ClH/c1-17(2)11-14-9-8-13(16(14)18)10-12-6-4-5-7-15(12)19-3;/h4-7,10,14H,8-9,11H2,1-3H3;1H. The molecule has 1 aromatic carbocycles. The van der Waals surface area contributed by atoms with Crippen molar-refractivity contribution in [1.29, 1.82) is 0 Å². The van der Waals surface area contributed by atoms with Crippen LogP contribution in [0.1, 0.15) is 18.4 Å². The molecule has 0 amide bonds. The summed E-state index contributed by atoms with van der Waals surface area (Å²) in [5.74, 6) is 1.26. The number of benzene rings is 1. The maximum absolute atomic E-state index is 12.3. The van der Waals surface area contributed by atoms with Gasteiger partial charge in [-0.1, -0.05) is 18.2 Å². The van der Waals surface area contributed by atoms with Crippen LogP contribution in [0.15, 0.2) is 29.8 Å². The van der Waals surface area contributed by atoms with Gasteiger partial charge in [0.1, 0.15) is 5.75 Å². The first-order valence-electron chi connectivity index (χ1n) is 6.64. The molecule has 0 heterocycles. The number of rotatable bonds is 4. The summed E-state index contributed by atoms with van der Waals surface area (Å²) in [5.41, 5.74) is 1.91. The number of allylic oxidation sites excluding steroid dienone is 1. The fraction of sp³-hybridized carbons (Fsp3) is 0.438. The molecule has 1 saturated carbocycles. The van der Waals surface area contributed by atoms with Crippen molar-refractivity contribution in [3.8, 4) is 5.75 Å². The molecule has 1 unspecified atom stereocenters. The zero-order valence-corrected chi connectivity index (χ0v) is 13.1. The number of ketones is 1. The lowest BCUT2D eigenvalue weighted by molar-refractivity contribution is -0.118. The maximum Gasteiger partial charge on any atom is 0.163 e. The van der Waals surface area contributed by atoms with E-state index in [1.165, 1.54) is 0 Å². The number of ether oxygens (including phenoxy) is 1. The van der Waals surface area contributed by atoms with Crippen LogP contribution < -0.4 is 4.74 Å². The van der Waals surface area contributed by atoms with E-state index in [-0.39, 0.29) is 18.3 Å². The third kappa shape index (κ3) is 3.84. The van der Waals surface area contributed by atoms with Gasteiger partial charge in [-0.05, 0) is 44.7 Å². The van der Waals surface area contributed by atoms with Crippen LogP contribution in [0.2, 0.25) is 0 Å². The van der Waals surface area contributed by atoms with Crippen molar-refractivity contribution in [3.05, 3.63) is 35.4 Å². The Bertz CT molecular complexity index is 497. The van der Waals surface area contributed by atoms with Gasteiger partial charge in [-0.2, -0.15) is 0 Å². The second-order valence-electron chi connectivity index (χ2n) is 5.27. The highest BCUT2D eigenvalue weighted by Gasteiger charge is 2.29. The molecule has 0 bridgehead atoms. The Hall–Kier alpha value is -1.32. The molecule has 3 nitrogen and oxygen atoms in total. The summed E-state index contributed by atoms with van der Waals surface area (Å²) >= 11 is 0. The average molecular weight is 296 g/mol. The maximum atomic E-state index is 12.3. The summed E-state index contributed by atoms with van der Waals surface area (Å²) in [4.78, 5) is 14.4. The highest BCUT2D eigenvalue weighted by Crippen LogP contribution is 2.30. The summed E-state index contributed by atoms with van der Waals surface area (Å²) in [6.45, 7) is 0.835. The Kier molecular flexibility index (Phi) is 6.24. The van der Waals surface area contributed by atoms with Gasteiger partial charge in [-0.25, -0.2) is 0 Å². The molecule has 0 aliphatic heterocycles. The van der Waals surface area contributed by atoms with Gasteiger partial charge in [0.05, 0.1) is 7.11 Å². The number of nitrogens with zero attached hydrogens (tertiary/aromatic N) is 1. The number of hydrogen-bond donors (Lipinski definition) is 0. The van der Waals surface area contributed by atoms with Crippen molar-refractivity contribution in [2.75, 3.05) is 27.7 Å². The number of halogens is 1. The third-order valence-corrected chi connectivity index (χ3v) is 3.50. The summed E-state index contributed by atoms with van der Waals surface area (Å²) in [6.07, 6.45) is 3.81. The second kappa shape index (κ2) is 7.46. The van der Waals surface area contributed by atoms with Crippen LogP contribution in [0, 0.1) is 5.92 Å². The Morgan fingerprint density at radius 3 is 2.70 bits per heavy atom. The fourth-order valence-corrected chi connectivity index (χ4v) is 2.58. The molecular formula is C16H22ClNO2. The minimum absolute atomic E-state index is 0. The molecule has 0 saturated heterocycles. The average Bonchev–Trinajstić information content (AvgIpc) is 2.72. The first-order chi connectivity index (χ1) is 9.11. The molecule has 20 heavy (non-hydrogen) atoms. The van der Waals surface area contributed by atoms with Crippen LogP contribution in [0.25, 0.3) is 6.08 Å². The molecule has 0 radical (unpaired) electrons. The van der Waals surface area contributed by atoms with Gasteiger partial charge in [0.15, 0.2) is 5.78 Å². The monoisotopic (exact) mass is 295 g/mol. The first kappa shape index (κ1) is 16.7. The summed E-state index contributed by atoms with van der Waals surface area (Å²) in [5, 5.41) is 0. The molecule has 1 atom stereocenters. The third-order valence-electron chi connectivity index (χ3n) is 3.50. The Balaban J connectivity index is 0.00000200. The highest BCUT2D eigenvalue weighted by molar-refractivity contribution is 6.03. The van der Waals surface area contributed by atoms with Gasteiger partial charge in [-0.3, -0.25) is 4.79 Å². The minimum atomic E-state index is 0. The summed E-state index contributed by atoms with van der Waals surface area (Å²) in [7, 11) is 5.67.